The van der Waals surface area contributed by atoms with E-state index in [1.165, 1.54) is 18.2 Å². The van der Waals surface area contributed by atoms with Crippen LogP contribution in [-0.2, 0) is 0 Å². The molecule has 6 heteroatoms. The lowest BCUT2D eigenvalue weighted by Crippen LogP contribution is -2.02. The molecule has 2 saturated carbocycles. The summed E-state index contributed by atoms with van der Waals surface area (Å²) in [5.41, 5.74) is -0.180. The second kappa shape index (κ2) is 7.23. The molecule has 0 radical (unpaired) electrons. The Balaban J connectivity index is 0.000000151. The Hall–Kier alpha value is -2.76. The molecule has 0 bridgehead atoms. The lowest BCUT2D eigenvalue weighted by molar-refractivity contribution is 0.429. The summed E-state index contributed by atoms with van der Waals surface area (Å²) < 4.78 is 25.8. The van der Waals surface area contributed by atoms with Crippen molar-refractivity contribution in [3.05, 3.63) is 79.6 Å². The average molecular weight is 360 g/mol. The highest BCUT2D eigenvalue weighted by Crippen LogP contribution is 2.42. The van der Waals surface area contributed by atoms with Gasteiger partial charge in [-0.25, -0.2) is 8.78 Å². The highest BCUT2D eigenvalue weighted by Gasteiger charge is 2.27. The Bertz CT molecular complexity index is 951. The molecule has 0 amide bonds. The predicted molar refractivity (Wildman–Crippen MR) is 92.6 cm³/mol. The minimum Gasteiger partial charge on any atom is -0.504 e. The maximum Gasteiger partial charge on any atom is 0.255 e. The minimum atomic E-state index is -0.899. The van der Waals surface area contributed by atoms with Gasteiger partial charge in [-0.05, 0) is 61.3 Å². The van der Waals surface area contributed by atoms with Crippen molar-refractivity contribution in [2.45, 2.75) is 37.5 Å². The summed E-state index contributed by atoms with van der Waals surface area (Å²) in [5, 5.41) is 18.4. The van der Waals surface area contributed by atoms with Crippen LogP contribution in [0.3, 0.4) is 0 Å². The zero-order valence-corrected chi connectivity index (χ0v) is 13.9. The summed E-state index contributed by atoms with van der Waals surface area (Å²) in [4.78, 5) is 22.0. The first-order valence-electron chi connectivity index (χ1n) is 8.43. The molecule has 0 heterocycles. The number of hydrogen-bond acceptors (Lipinski definition) is 4. The van der Waals surface area contributed by atoms with Crippen LogP contribution in [0.5, 0.6) is 11.5 Å². The zero-order chi connectivity index (χ0) is 18.8. The fourth-order valence-corrected chi connectivity index (χ4v) is 2.66. The van der Waals surface area contributed by atoms with E-state index in [-0.39, 0.29) is 5.92 Å². The van der Waals surface area contributed by atoms with Crippen LogP contribution in [-0.4, -0.2) is 10.2 Å². The zero-order valence-electron chi connectivity index (χ0n) is 13.9. The van der Waals surface area contributed by atoms with Crippen LogP contribution in [0.25, 0.3) is 0 Å². The highest BCUT2D eigenvalue weighted by atomic mass is 19.1. The van der Waals surface area contributed by atoms with Gasteiger partial charge in [-0.3, -0.25) is 9.59 Å². The van der Waals surface area contributed by atoms with Gasteiger partial charge >= 0.3 is 0 Å². The van der Waals surface area contributed by atoms with Crippen LogP contribution in [0.1, 0.15) is 48.6 Å². The van der Waals surface area contributed by atoms with E-state index in [0.29, 0.717) is 11.5 Å². The van der Waals surface area contributed by atoms with Crippen molar-refractivity contribution in [2.75, 3.05) is 0 Å². The van der Waals surface area contributed by atoms with Crippen molar-refractivity contribution in [3.63, 3.8) is 0 Å². The lowest BCUT2D eigenvalue weighted by atomic mass is 10.2. The third kappa shape index (κ3) is 4.07. The topological polar surface area (TPSA) is 74.6 Å². The first kappa shape index (κ1) is 18.0. The van der Waals surface area contributed by atoms with Gasteiger partial charge in [0, 0.05) is 5.56 Å². The van der Waals surface area contributed by atoms with Crippen LogP contribution in [0.2, 0.25) is 0 Å². The van der Waals surface area contributed by atoms with Crippen LogP contribution >= 0.6 is 0 Å². The van der Waals surface area contributed by atoms with E-state index < -0.39 is 34.0 Å². The highest BCUT2D eigenvalue weighted by molar-refractivity contribution is 5.36. The summed E-state index contributed by atoms with van der Waals surface area (Å²) in [6.45, 7) is 0. The van der Waals surface area contributed by atoms with E-state index in [2.05, 4.69) is 0 Å². The third-order valence-electron chi connectivity index (χ3n) is 4.47. The Morgan fingerprint density at radius 3 is 2.08 bits per heavy atom. The second-order valence-corrected chi connectivity index (χ2v) is 6.59. The monoisotopic (exact) mass is 360 g/mol. The SMILES string of the molecule is O=c1c(F)cccc(C2CC2)c1O.O=c1ccc(C2CC2)cc(F)c1O. The van der Waals surface area contributed by atoms with E-state index in [4.69, 9.17) is 5.11 Å². The number of rotatable bonds is 2. The summed E-state index contributed by atoms with van der Waals surface area (Å²) >= 11 is 0. The summed E-state index contributed by atoms with van der Waals surface area (Å²) in [6.07, 6.45) is 4.02. The fourth-order valence-electron chi connectivity index (χ4n) is 2.66. The van der Waals surface area contributed by atoms with Crippen molar-refractivity contribution in [1.29, 1.82) is 0 Å². The Kier molecular flexibility index (Phi) is 5.02. The normalized spacial score (nSPS) is 15.8. The molecule has 2 aromatic carbocycles. The molecule has 4 rings (SSSR count). The Morgan fingerprint density at radius 1 is 0.808 bits per heavy atom. The number of halogens is 2. The molecule has 2 aliphatic carbocycles. The maximum atomic E-state index is 13.0. The minimum absolute atomic E-state index is 0.250. The lowest BCUT2D eigenvalue weighted by Gasteiger charge is -1.94. The molecule has 0 spiro atoms. The second-order valence-electron chi connectivity index (χ2n) is 6.59. The number of aromatic hydroxyl groups is 2. The summed E-state index contributed by atoms with van der Waals surface area (Å²) in [5.74, 6) is -2.31. The van der Waals surface area contributed by atoms with Crippen LogP contribution in [0.15, 0.2) is 46.0 Å². The molecule has 2 aromatic rings. The molecule has 2 aliphatic rings. The van der Waals surface area contributed by atoms with Crippen molar-refractivity contribution < 1.29 is 19.0 Å². The first-order chi connectivity index (χ1) is 12.4. The van der Waals surface area contributed by atoms with E-state index in [1.54, 1.807) is 12.1 Å². The van der Waals surface area contributed by atoms with Gasteiger partial charge in [0.15, 0.2) is 23.1 Å². The molecule has 136 valence electrons. The van der Waals surface area contributed by atoms with Crippen LogP contribution < -0.4 is 10.9 Å². The van der Waals surface area contributed by atoms with Gasteiger partial charge in [-0.1, -0.05) is 18.2 Å². The fraction of sp³-hybridized carbons (Fsp3) is 0.300. The van der Waals surface area contributed by atoms with Gasteiger partial charge in [0.2, 0.25) is 5.43 Å². The smallest absolute Gasteiger partial charge is 0.255 e. The molecule has 0 aromatic heterocycles. The first-order valence-corrected chi connectivity index (χ1v) is 8.43. The van der Waals surface area contributed by atoms with Gasteiger partial charge in [-0.15, -0.1) is 0 Å². The molecular weight excluding hydrogens is 342 g/mol. The maximum absolute atomic E-state index is 13.0. The Labute approximate surface area is 148 Å². The molecule has 0 aliphatic heterocycles. The summed E-state index contributed by atoms with van der Waals surface area (Å²) in [6, 6.07) is 8.19. The van der Waals surface area contributed by atoms with Crippen molar-refractivity contribution in [2.24, 2.45) is 0 Å². The van der Waals surface area contributed by atoms with Gasteiger partial charge in [0.05, 0.1) is 0 Å². The van der Waals surface area contributed by atoms with E-state index >= 15 is 0 Å². The van der Waals surface area contributed by atoms with E-state index in [0.717, 1.165) is 37.3 Å². The van der Waals surface area contributed by atoms with E-state index in [1.807, 2.05) is 0 Å². The van der Waals surface area contributed by atoms with Gasteiger partial charge in [0.1, 0.15) is 0 Å². The van der Waals surface area contributed by atoms with Crippen LogP contribution in [0.4, 0.5) is 8.78 Å². The number of hydrogen-bond donors (Lipinski definition) is 2. The molecule has 0 unspecified atom stereocenters. The standard InChI is InChI=1S/2C10H9FO2/c11-8-5-7(6-1-2-6)3-4-9(12)10(8)13;11-8-3-1-2-7(6-4-5-6)9(12)10(8)13/h3-6H,1-2H2,(H,12,13);1-3,6H,4-5H2,(H,12,13). The molecule has 2 N–H and O–H groups in total. The Morgan fingerprint density at radius 2 is 1.46 bits per heavy atom. The molecule has 0 saturated heterocycles. The van der Waals surface area contributed by atoms with Crippen LogP contribution in [0, 0.1) is 11.6 Å². The molecule has 2 fully saturated rings. The molecule has 0 atom stereocenters. The average Bonchev–Trinajstić information content (AvgIpc) is 3.48. The molecular formula is C20H18F2O4. The van der Waals surface area contributed by atoms with Crippen molar-refractivity contribution in [1.82, 2.24) is 0 Å². The largest absolute Gasteiger partial charge is 0.504 e. The molecule has 26 heavy (non-hydrogen) atoms. The molecule has 4 nitrogen and oxygen atoms in total. The summed E-state index contributed by atoms with van der Waals surface area (Å²) in [7, 11) is 0. The van der Waals surface area contributed by atoms with Gasteiger partial charge in [0.25, 0.3) is 5.43 Å². The van der Waals surface area contributed by atoms with Gasteiger partial charge < -0.3 is 10.2 Å². The van der Waals surface area contributed by atoms with Gasteiger partial charge in [-0.2, -0.15) is 0 Å². The van der Waals surface area contributed by atoms with E-state index in [9.17, 15) is 23.5 Å². The van der Waals surface area contributed by atoms with Crippen molar-refractivity contribution in [3.8, 4) is 11.5 Å². The third-order valence-corrected chi connectivity index (χ3v) is 4.47. The van der Waals surface area contributed by atoms with Crippen molar-refractivity contribution >= 4 is 0 Å². The predicted octanol–water partition coefficient (Wildman–Crippen LogP) is 3.54. The quantitative estimate of drug-likeness (QED) is 0.859.